The first-order valence-electron chi connectivity index (χ1n) is 2.93. The summed E-state index contributed by atoms with van der Waals surface area (Å²) in [5.74, 6) is 4.01. The van der Waals surface area contributed by atoms with E-state index in [2.05, 4.69) is 33.5 Å². The molecule has 2 nitrogen and oxygen atoms in total. The third-order valence-corrected chi connectivity index (χ3v) is 1.85. The Labute approximate surface area is 73.8 Å². The van der Waals surface area contributed by atoms with Gasteiger partial charge in [0.25, 0.3) is 0 Å². The summed E-state index contributed by atoms with van der Waals surface area (Å²) in [6, 6.07) is 0. The van der Waals surface area contributed by atoms with Gasteiger partial charge in [0.05, 0.1) is 16.5 Å². The maximum absolute atomic E-state index is 4.16. The average molecular weight is 247 g/mol. The van der Waals surface area contributed by atoms with E-state index in [1.807, 2.05) is 30.8 Å². The van der Waals surface area contributed by atoms with Gasteiger partial charge in [-0.05, 0) is 22.6 Å². The first kappa shape index (κ1) is 7.69. The standard InChI is InChI=1S/C7H8IN2/c1-6-9-5-7(8)3-4-10(6)2/h3,5H,1-2H3/q+1. The topological polar surface area (TPSA) is 15.4 Å². The fourth-order valence-electron chi connectivity index (χ4n) is 0.531. The van der Waals surface area contributed by atoms with Gasteiger partial charge in [-0.2, -0.15) is 4.58 Å². The van der Waals surface area contributed by atoms with Gasteiger partial charge >= 0.3 is 5.84 Å². The van der Waals surface area contributed by atoms with Crippen LogP contribution in [0.2, 0.25) is 0 Å². The molecule has 10 heavy (non-hydrogen) atoms. The number of halogens is 1. The van der Waals surface area contributed by atoms with Gasteiger partial charge in [-0.1, -0.05) is 4.99 Å². The van der Waals surface area contributed by atoms with Gasteiger partial charge in [0, 0.05) is 13.0 Å². The molecule has 0 spiro atoms. The Morgan fingerprint density at radius 1 is 1.70 bits per heavy atom. The number of amidine groups is 1. The van der Waals surface area contributed by atoms with Crippen molar-refractivity contribution in [2.24, 2.45) is 4.99 Å². The summed E-state index contributed by atoms with van der Waals surface area (Å²) in [5.41, 5.74) is 0. The minimum atomic E-state index is 0.961. The molecule has 0 aromatic heterocycles. The molecule has 0 N–H and O–H groups in total. The quantitative estimate of drug-likeness (QED) is 0.456. The summed E-state index contributed by atoms with van der Waals surface area (Å²) in [6.45, 7) is 1.95. The van der Waals surface area contributed by atoms with Gasteiger partial charge in [0.2, 0.25) is 0 Å². The molecule has 1 heterocycles. The van der Waals surface area contributed by atoms with Crippen LogP contribution < -0.4 is 0 Å². The van der Waals surface area contributed by atoms with Crippen molar-refractivity contribution in [3.63, 3.8) is 0 Å². The lowest BCUT2D eigenvalue weighted by Gasteiger charge is -1.84. The fraction of sp³-hybridized carbons (Fsp3) is 0.286. The minimum Gasteiger partial charge on any atom is -0.192 e. The highest BCUT2D eigenvalue weighted by Gasteiger charge is 2.02. The maximum Gasteiger partial charge on any atom is 0.302 e. The van der Waals surface area contributed by atoms with Crippen LogP contribution >= 0.6 is 22.6 Å². The van der Waals surface area contributed by atoms with Crippen LogP contribution in [0.1, 0.15) is 6.92 Å². The summed E-state index contributed by atoms with van der Waals surface area (Å²) in [7, 11) is 1.93. The molecule has 1 aliphatic rings. The van der Waals surface area contributed by atoms with Crippen LogP contribution in [0.15, 0.2) is 20.8 Å². The number of aliphatic imine (C=N–C) groups is 1. The first-order valence-corrected chi connectivity index (χ1v) is 4.01. The fourth-order valence-corrected chi connectivity index (χ4v) is 0.809. The van der Waals surface area contributed by atoms with Crippen LogP contribution in [0.4, 0.5) is 0 Å². The molecular weight excluding hydrogens is 239 g/mol. The molecule has 1 aliphatic heterocycles. The van der Waals surface area contributed by atoms with E-state index in [-0.39, 0.29) is 0 Å². The van der Waals surface area contributed by atoms with Crippen LogP contribution in [-0.2, 0) is 0 Å². The van der Waals surface area contributed by atoms with E-state index < -0.39 is 0 Å². The zero-order valence-electron chi connectivity index (χ0n) is 5.93. The summed E-state index contributed by atoms with van der Waals surface area (Å²) in [4.78, 5) is 4.16. The third-order valence-electron chi connectivity index (χ3n) is 1.26. The lowest BCUT2D eigenvalue weighted by molar-refractivity contribution is -0.363. The Kier molecular flexibility index (Phi) is 2.40. The summed E-state index contributed by atoms with van der Waals surface area (Å²) < 4.78 is 2.96. The molecule has 0 bridgehead atoms. The lowest BCUT2D eigenvalue weighted by Crippen LogP contribution is -2.09. The zero-order valence-corrected chi connectivity index (χ0v) is 8.08. The molecule has 0 saturated heterocycles. The molecule has 0 atom stereocenters. The molecule has 52 valence electrons. The molecule has 3 heteroatoms. The highest BCUT2D eigenvalue weighted by atomic mass is 127. The number of allylic oxidation sites excluding steroid dienone is 2. The van der Waals surface area contributed by atoms with Gasteiger partial charge in [0.1, 0.15) is 0 Å². The molecular formula is C7H8IN2+. The van der Waals surface area contributed by atoms with Crippen molar-refractivity contribution in [1.29, 1.82) is 0 Å². The number of hydrogen-bond acceptors (Lipinski definition) is 1. The summed E-state index contributed by atoms with van der Waals surface area (Å²) in [5, 5.41) is 0. The van der Waals surface area contributed by atoms with Crippen LogP contribution in [0.5, 0.6) is 0 Å². The van der Waals surface area contributed by atoms with Crippen LogP contribution in [0.25, 0.3) is 0 Å². The van der Waals surface area contributed by atoms with Crippen LogP contribution in [-0.4, -0.2) is 23.3 Å². The molecule has 0 aromatic rings. The van der Waals surface area contributed by atoms with Crippen molar-refractivity contribution in [3.05, 3.63) is 15.9 Å². The van der Waals surface area contributed by atoms with E-state index >= 15 is 0 Å². The number of hydrogen-bond donors (Lipinski definition) is 0. The van der Waals surface area contributed by atoms with E-state index in [1.165, 1.54) is 0 Å². The molecule has 0 amide bonds. The Balaban J connectivity index is 3.12. The molecule has 0 unspecified atom stereocenters. The van der Waals surface area contributed by atoms with Crippen LogP contribution in [0.3, 0.4) is 0 Å². The summed E-state index contributed by atoms with van der Waals surface area (Å²) in [6.07, 6.45) is 3.73. The van der Waals surface area contributed by atoms with Gasteiger partial charge in [-0.15, -0.1) is 0 Å². The molecule has 0 fully saturated rings. The van der Waals surface area contributed by atoms with Gasteiger partial charge < -0.3 is 0 Å². The van der Waals surface area contributed by atoms with Gasteiger partial charge in [0.15, 0.2) is 6.20 Å². The first-order chi connectivity index (χ1) is 4.70. The second-order valence-corrected chi connectivity index (χ2v) is 3.27. The zero-order chi connectivity index (χ0) is 7.56. The van der Waals surface area contributed by atoms with Crippen molar-refractivity contribution in [1.82, 2.24) is 0 Å². The normalized spacial score (nSPS) is 17.3. The highest BCUT2D eigenvalue weighted by molar-refractivity contribution is 14.1. The largest absolute Gasteiger partial charge is 0.302 e. The molecule has 0 aliphatic carbocycles. The van der Waals surface area contributed by atoms with Gasteiger partial charge in [-0.3, -0.25) is 0 Å². The van der Waals surface area contributed by atoms with Crippen molar-refractivity contribution in [2.45, 2.75) is 6.92 Å². The van der Waals surface area contributed by atoms with Crippen molar-refractivity contribution in [2.75, 3.05) is 7.05 Å². The van der Waals surface area contributed by atoms with E-state index in [0.717, 1.165) is 9.42 Å². The second kappa shape index (κ2) is 3.12. The Morgan fingerprint density at radius 3 is 3.10 bits per heavy atom. The van der Waals surface area contributed by atoms with Gasteiger partial charge in [-0.25, -0.2) is 0 Å². The van der Waals surface area contributed by atoms with Crippen molar-refractivity contribution >= 4 is 34.3 Å². The van der Waals surface area contributed by atoms with Crippen molar-refractivity contribution < 1.29 is 4.58 Å². The average Bonchev–Trinajstić information content (AvgIpc) is 2.04. The van der Waals surface area contributed by atoms with E-state index in [9.17, 15) is 0 Å². The predicted molar refractivity (Wildman–Crippen MR) is 51.0 cm³/mol. The second-order valence-electron chi connectivity index (χ2n) is 2.02. The minimum absolute atomic E-state index is 0.961. The third kappa shape index (κ3) is 1.78. The van der Waals surface area contributed by atoms with Crippen LogP contribution in [0, 0.1) is 0 Å². The molecule has 0 radical (unpaired) electrons. The Bertz CT molecular complexity index is 267. The SMILES string of the molecule is CC1=NC=C(I)C=C=[N+]1C. The van der Waals surface area contributed by atoms with E-state index in [4.69, 9.17) is 0 Å². The van der Waals surface area contributed by atoms with E-state index in [1.54, 1.807) is 0 Å². The smallest absolute Gasteiger partial charge is 0.192 e. The molecule has 1 rings (SSSR count). The highest BCUT2D eigenvalue weighted by Crippen LogP contribution is 2.06. The predicted octanol–water partition coefficient (Wildman–Crippen LogP) is 1.56. The number of rotatable bonds is 0. The lowest BCUT2D eigenvalue weighted by atomic mass is 10.6. The number of nitrogens with zero attached hydrogens (tertiary/aromatic N) is 2. The monoisotopic (exact) mass is 247 g/mol. The van der Waals surface area contributed by atoms with Crippen molar-refractivity contribution in [3.8, 4) is 0 Å². The Hall–Kier alpha value is -0.410. The molecule has 0 aromatic carbocycles. The summed E-state index contributed by atoms with van der Waals surface area (Å²) >= 11 is 2.21. The Morgan fingerprint density at radius 2 is 2.40 bits per heavy atom. The van der Waals surface area contributed by atoms with E-state index in [0.29, 0.717) is 0 Å². The molecule has 0 saturated carbocycles. The maximum atomic E-state index is 4.16.